The van der Waals surface area contributed by atoms with Crippen molar-refractivity contribution >= 4 is 0 Å². The van der Waals surface area contributed by atoms with Gasteiger partial charge in [0.15, 0.2) is 0 Å². The van der Waals surface area contributed by atoms with Gasteiger partial charge >= 0.3 is 0 Å². The monoisotopic (exact) mass is 190 g/mol. The quantitative estimate of drug-likeness (QED) is 0.723. The van der Waals surface area contributed by atoms with Crippen LogP contribution in [0.2, 0.25) is 0 Å². The van der Waals surface area contributed by atoms with Crippen LogP contribution in [0.1, 0.15) is 25.5 Å². The lowest BCUT2D eigenvalue weighted by Gasteiger charge is -2.22. The van der Waals surface area contributed by atoms with E-state index in [4.69, 9.17) is 0 Å². The Labute approximate surface area is 86.1 Å². The molecule has 0 saturated carbocycles. The molecule has 0 spiro atoms. The van der Waals surface area contributed by atoms with E-state index < -0.39 is 6.10 Å². The summed E-state index contributed by atoms with van der Waals surface area (Å²) in [6.45, 7) is 7.87. The Morgan fingerprint density at radius 3 is 2.29 bits per heavy atom. The van der Waals surface area contributed by atoms with Gasteiger partial charge in [-0.05, 0) is 17.4 Å². The van der Waals surface area contributed by atoms with Gasteiger partial charge in [0.2, 0.25) is 0 Å². The minimum Gasteiger partial charge on any atom is -0.388 e. The molecule has 0 aromatic heterocycles. The summed E-state index contributed by atoms with van der Waals surface area (Å²) in [5.41, 5.74) is 0.980. The van der Waals surface area contributed by atoms with Crippen molar-refractivity contribution in [1.82, 2.24) is 0 Å². The van der Waals surface area contributed by atoms with Crippen LogP contribution in [0.15, 0.2) is 43.0 Å². The molecule has 0 saturated heterocycles. The van der Waals surface area contributed by atoms with E-state index in [-0.39, 0.29) is 5.92 Å². The highest BCUT2D eigenvalue weighted by Crippen LogP contribution is 2.27. The molecule has 1 nitrogen and oxygen atoms in total. The lowest BCUT2D eigenvalue weighted by Crippen LogP contribution is -2.15. The predicted molar refractivity (Wildman–Crippen MR) is 59.9 cm³/mol. The number of rotatable bonds is 4. The highest BCUT2D eigenvalue weighted by Gasteiger charge is 2.19. The first-order valence-corrected chi connectivity index (χ1v) is 5.02. The molecule has 0 radical (unpaired) electrons. The van der Waals surface area contributed by atoms with Crippen molar-refractivity contribution in [2.75, 3.05) is 0 Å². The van der Waals surface area contributed by atoms with E-state index in [2.05, 4.69) is 13.5 Å². The molecular formula is C13H18O. The predicted octanol–water partition coefficient (Wildman–Crippen LogP) is 3.18. The summed E-state index contributed by atoms with van der Waals surface area (Å²) in [6, 6.07) is 9.76. The molecule has 0 aliphatic carbocycles. The lowest BCUT2D eigenvalue weighted by atomic mass is 9.87. The summed E-state index contributed by atoms with van der Waals surface area (Å²) in [7, 11) is 0. The summed E-state index contributed by atoms with van der Waals surface area (Å²) in [5, 5.41) is 10.0. The minimum absolute atomic E-state index is 0.204. The molecule has 76 valence electrons. The molecule has 1 rings (SSSR count). The van der Waals surface area contributed by atoms with E-state index in [9.17, 15) is 5.11 Å². The first-order chi connectivity index (χ1) is 6.66. The third-order valence-corrected chi connectivity index (χ3v) is 2.84. The molecule has 0 aliphatic heterocycles. The van der Waals surface area contributed by atoms with Gasteiger partial charge < -0.3 is 5.11 Å². The number of allylic oxidation sites excluding steroid dienone is 1. The molecule has 0 unspecified atom stereocenters. The second kappa shape index (κ2) is 4.97. The van der Waals surface area contributed by atoms with Gasteiger partial charge in [-0.3, -0.25) is 0 Å². The van der Waals surface area contributed by atoms with Crippen LogP contribution in [-0.4, -0.2) is 5.11 Å². The smallest absolute Gasteiger partial charge is 0.0821 e. The van der Waals surface area contributed by atoms with E-state index in [0.29, 0.717) is 5.92 Å². The summed E-state index contributed by atoms with van der Waals surface area (Å²) in [4.78, 5) is 0. The second-order valence-electron chi connectivity index (χ2n) is 3.81. The van der Waals surface area contributed by atoms with E-state index >= 15 is 0 Å². The molecular weight excluding hydrogens is 172 g/mol. The van der Waals surface area contributed by atoms with Crippen LogP contribution in [-0.2, 0) is 0 Å². The van der Waals surface area contributed by atoms with Crippen molar-refractivity contribution in [3.63, 3.8) is 0 Å². The number of aliphatic hydroxyl groups is 1. The fraction of sp³-hybridized carbons (Fsp3) is 0.385. The van der Waals surface area contributed by atoms with Crippen molar-refractivity contribution in [3.8, 4) is 0 Å². The van der Waals surface area contributed by atoms with Crippen LogP contribution in [0.3, 0.4) is 0 Å². The molecule has 14 heavy (non-hydrogen) atoms. The molecule has 0 aliphatic rings. The Bertz CT molecular complexity index is 279. The van der Waals surface area contributed by atoms with Gasteiger partial charge in [-0.2, -0.15) is 0 Å². The largest absolute Gasteiger partial charge is 0.388 e. The summed E-state index contributed by atoms with van der Waals surface area (Å²) in [5.74, 6) is 0.528. The van der Waals surface area contributed by atoms with Crippen molar-refractivity contribution < 1.29 is 5.11 Å². The van der Waals surface area contributed by atoms with Crippen LogP contribution < -0.4 is 0 Å². The van der Waals surface area contributed by atoms with E-state index in [1.54, 1.807) is 0 Å². The van der Waals surface area contributed by atoms with Gasteiger partial charge in [0.05, 0.1) is 6.10 Å². The van der Waals surface area contributed by atoms with Crippen LogP contribution in [0, 0.1) is 11.8 Å². The van der Waals surface area contributed by atoms with Crippen LogP contribution in [0.5, 0.6) is 0 Å². The second-order valence-corrected chi connectivity index (χ2v) is 3.81. The Hall–Kier alpha value is -1.08. The van der Waals surface area contributed by atoms with E-state index in [1.165, 1.54) is 0 Å². The average molecular weight is 190 g/mol. The summed E-state index contributed by atoms with van der Waals surface area (Å²) >= 11 is 0. The van der Waals surface area contributed by atoms with Crippen molar-refractivity contribution in [2.45, 2.75) is 20.0 Å². The fourth-order valence-corrected chi connectivity index (χ4v) is 1.46. The Balaban J connectivity index is 2.75. The summed E-state index contributed by atoms with van der Waals surface area (Å²) in [6.07, 6.45) is 1.49. The first-order valence-electron chi connectivity index (χ1n) is 5.02. The molecule has 1 aromatic rings. The van der Waals surface area contributed by atoms with Crippen LogP contribution >= 0.6 is 0 Å². The Morgan fingerprint density at radius 1 is 1.21 bits per heavy atom. The van der Waals surface area contributed by atoms with Crippen LogP contribution in [0.4, 0.5) is 0 Å². The zero-order valence-corrected chi connectivity index (χ0v) is 8.85. The highest BCUT2D eigenvalue weighted by molar-refractivity contribution is 5.18. The average Bonchev–Trinajstić information content (AvgIpc) is 2.27. The van der Waals surface area contributed by atoms with Crippen molar-refractivity contribution in [3.05, 3.63) is 48.6 Å². The third-order valence-electron chi connectivity index (χ3n) is 2.84. The summed E-state index contributed by atoms with van der Waals surface area (Å²) < 4.78 is 0. The normalized spacial score (nSPS) is 17.1. The molecule has 1 N–H and O–H groups in total. The standard InChI is InChI=1S/C13H18O/c1-4-10(2)11(3)13(14)12-8-6-5-7-9-12/h4-11,13-14H,1H2,2-3H3/t10-,11-,13+/m0/s1. The maximum Gasteiger partial charge on any atom is 0.0821 e. The number of aliphatic hydroxyl groups excluding tert-OH is 1. The fourth-order valence-electron chi connectivity index (χ4n) is 1.46. The molecule has 0 heterocycles. The topological polar surface area (TPSA) is 20.2 Å². The van der Waals surface area contributed by atoms with Gasteiger partial charge in [0.25, 0.3) is 0 Å². The lowest BCUT2D eigenvalue weighted by molar-refractivity contribution is 0.0988. The third kappa shape index (κ3) is 2.46. The van der Waals surface area contributed by atoms with Gasteiger partial charge in [-0.15, -0.1) is 6.58 Å². The Morgan fingerprint density at radius 2 is 1.79 bits per heavy atom. The zero-order chi connectivity index (χ0) is 10.6. The van der Waals surface area contributed by atoms with Gasteiger partial charge in [0.1, 0.15) is 0 Å². The van der Waals surface area contributed by atoms with Gasteiger partial charge in [0, 0.05) is 0 Å². The minimum atomic E-state index is -0.399. The molecule has 0 bridgehead atoms. The van der Waals surface area contributed by atoms with Crippen molar-refractivity contribution in [2.24, 2.45) is 11.8 Å². The highest BCUT2D eigenvalue weighted by atomic mass is 16.3. The van der Waals surface area contributed by atoms with Gasteiger partial charge in [-0.25, -0.2) is 0 Å². The first kappa shape index (κ1) is 11.0. The molecule has 1 heteroatoms. The number of hydrogen-bond donors (Lipinski definition) is 1. The molecule has 0 fully saturated rings. The van der Waals surface area contributed by atoms with Crippen molar-refractivity contribution in [1.29, 1.82) is 0 Å². The Kier molecular flexibility index (Phi) is 3.90. The number of benzene rings is 1. The maximum atomic E-state index is 10.0. The molecule has 1 aromatic carbocycles. The van der Waals surface area contributed by atoms with E-state index in [1.807, 2.05) is 43.3 Å². The molecule has 3 atom stereocenters. The SMILES string of the molecule is C=C[C@H](C)[C@H](C)[C@@H](O)c1ccccc1. The zero-order valence-electron chi connectivity index (χ0n) is 8.85. The van der Waals surface area contributed by atoms with Crippen LogP contribution in [0.25, 0.3) is 0 Å². The number of hydrogen-bond acceptors (Lipinski definition) is 1. The molecule has 0 amide bonds. The van der Waals surface area contributed by atoms with Gasteiger partial charge in [-0.1, -0.05) is 50.3 Å². The van der Waals surface area contributed by atoms with E-state index in [0.717, 1.165) is 5.56 Å². The maximum absolute atomic E-state index is 10.0.